The fourth-order valence-corrected chi connectivity index (χ4v) is 0.716. The maximum atomic E-state index is 8.74. The van der Waals surface area contributed by atoms with Crippen molar-refractivity contribution in [3.63, 3.8) is 0 Å². The normalized spacial score (nSPS) is 13.0. The fraction of sp³-hybridized carbons (Fsp3) is 1.00. The number of hydrogen-bond donors (Lipinski definition) is 3. The van der Waals surface area contributed by atoms with E-state index >= 15 is 0 Å². The van der Waals surface area contributed by atoms with E-state index in [1.165, 1.54) is 25.7 Å². The second-order valence-electron chi connectivity index (χ2n) is 2.92. The van der Waals surface area contributed by atoms with Gasteiger partial charge in [0.1, 0.15) is 0 Å². The standard InChI is InChI=1S/C7H17N.H2O4S/c1-3-4-5-6-7(2)8;1-5(2,3)4/h7H,3-6,8H2,1-2H3;(H2,1,2,3,4). The molecule has 0 spiro atoms. The summed E-state index contributed by atoms with van der Waals surface area (Å²) >= 11 is 0. The molecule has 82 valence electrons. The maximum Gasteiger partial charge on any atom is 0.394 e. The van der Waals surface area contributed by atoms with E-state index in [0.29, 0.717) is 6.04 Å². The van der Waals surface area contributed by atoms with Crippen molar-refractivity contribution in [3.8, 4) is 0 Å². The molecule has 0 aliphatic carbocycles. The van der Waals surface area contributed by atoms with Crippen LogP contribution in [0.1, 0.15) is 39.5 Å². The van der Waals surface area contributed by atoms with Crippen molar-refractivity contribution in [2.75, 3.05) is 0 Å². The predicted molar refractivity (Wildman–Crippen MR) is 52.0 cm³/mol. The number of hydrogen-bond acceptors (Lipinski definition) is 3. The molecule has 0 radical (unpaired) electrons. The highest BCUT2D eigenvalue weighted by Crippen LogP contribution is 1.99. The highest BCUT2D eigenvalue weighted by molar-refractivity contribution is 7.79. The van der Waals surface area contributed by atoms with E-state index in [1.54, 1.807) is 0 Å². The lowest BCUT2D eigenvalue weighted by Crippen LogP contribution is -2.13. The smallest absolute Gasteiger partial charge is 0.328 e. The molecule has 1 atom stereocenters. The van der Waals surface area contributed by atoms with Crippen LogP contribution in [0.4, 0.5) is 0 Å². The van der Waals surface area contributed by atoms with Gasteiger partial charge in [-0.15, -0.1) is 0 Å². The van der Waals surface area contributed by atoms with Crippen molar-refractivity contribution in [1.29, 1.82) is 0 Å². The Morgan fingerprint density at radius 3 is 1.92 bits per heavy atom. The molecule has 0 aromatic rings. The summed E-state index contributed by atoms with van der Waals surface area (Å²) < 4.78 is 31.6. The lowest BCUT2D eigenvalue weighted by molar-refractivity contribution is 0.381. The lowest BCUT2D eigenvalue weighted by atomic mass is 10.1. The molecule has 0 amide bonds. The van der Waals surface area contributed by atoms with Gasteiger partial charge in [0.05, 0.1) is 0 Å². The van der Waals surface area contributed by atoms with E-state index in [1.807, 2.05) is 0 Å². The summed E-state index contributed by atoms with van der Waals surface area (Å²) in [6.07, 6.45) is 5.12. The van der Waals surface area contributed by atoms with Crippen LogP contribution in [-0.2, 0) is 10.4 Å². The third kappa shape index (κ3) is 49.0. The maximum absolute atomic E-state index is 8.74. The molecule has 0 saturated heterocycles. The van der Waals surface area contributed by atoms with Crippen LogP contribution in [0.3, 0.4) is 0 Å². The number of rotatable bonds is 4. The van der Waals surface area contributed by atoms with E-state index in [0.717, 1.165) is 0 Å². The molecule has 0 aromatic heterocycles. The molecule has 5 nitrogen and oxygen atoms in total. The molecule has 0 aliphatic heterocycles. The molecule has 6 heteroatoms. The van der Waals surface area contributed by atoms with Gasteiger partial charge in [-0.3, -0.25) is 9.11 Å². The van der Waals surface area contributed by atoms with Crippen LogP contribution in [0, 0.1) is 0 Å². The van der Waals surface area contributed by atoms with Gasteiger partial charge in [-0.05, 0) is 13.3 Å². The van der Waals surface area contributed by atoms with Gasteiger partial charge in [-0.25, -0.2) is 0 Å². The van der Waals surface area contributed by atoms with Crippen molar-refractivity contribution in [1.82, 2.24) is 0 Å². The summed E-state index contributed by atoms with van der Waals surface area (Å²) in [6.45, 7) is 4.27. The summed E-state index contributed by atoms with van der Waals surface area (Å²) in [4.78, 5) is 0. The molecule has 0 bridgehead atoms. The first-order valence-electron chi connectivity index (χ1n) is 4.22. The molecule has 0 rings (SSSR count). The average molecular weight is 213 g/mol. The highest BCUT2D eigenvalue weighted by atomic mass is 32.3. The van der Waals surface area contributed by atoms with Crippen LogP contribution in [-0.4, -0.2) is 23.6 Å². The minimum Gasteiger partial charge on any atom is -0.328 e. The number of unbranched alkanes of at least 4 members (excludes halogenated alkanes) is 2. The predicted octanol–water partition coefficient (Wildman–Crippen LogP) is 1.26. The third-order valence-corrected chi connectivity index (χ3v) is 1.26. The zero-order valence-corrected chi connectivity index (χ0v) is 8.92. The van der Waals surface area contributed by atoms with E-state index in [4.69, 9.17) is 23.3 Å². The summed E-state index contributed by atoms with van der Waals surface area (Å²) in [7, 11) is -4.67. The van der Waals surface area contributed by atoms with Crippen LogP contribution in [0.15, 0.2) is 0 Å². The van der Waals surface area contributed by atoms with Crippen LogP contribution >= 0.6 is 0 Å². The van der Waals surface area contributed by atoms with Crippen LogP contribution in [0.25, 0.3) is 0 Å². The Balaban J connectivity index is 0. The minimum atomic E-state index is -4.67. The Morgan fingerprint density at radius 1 is 1.31 bits per heavy atom. The summed E-state index contributed by atoms with van der Waals surface area (Å²) in [5.74, 6) is 0. The van der Waals surface area contributed by atoms with Gasteiger partial charge < -0.3 is 5.73 Å². The van der Waals surface area contributed by atoms with Crippen LogP contribution in [0.2, 0.25) is 0 Å². The molecule has 0 saturated carbocycles. The molecule has 0 aromatic carbocycles. The van der Waals surface area contributed by atoms with Crippen molar-refractivity contribution in [3.05, 3.63) is 0 Å². The zero-order chi connectivity index (χ0) is 10.9. The Labute approximate surface area is 79.9 Å². The molecule has 0 aliphatic rings. The molecule has 4 N–H and O–H groups in total. The zero-order valence-electron chi connectivity index (χ0n) is 8.10. The second-order valence-corrected chi connectivity index (χ2v) is 3.82. The monoisotopic (exact) mass is 213 g/mol. The highest BCUT2D eigenvalue weighted by Gasteiger charge is 1.90. The minimum absolute atomic E-state index is 0.404. The van der Waals surface area contributed by atoms with Gasteiger partial charge in [0.25, 0.3) is 0 Å². The van der Waals surface area contributed by atoms with Gasteiger partial charge in [0.15, 0.2) is 0 Å². The van der Waals surface area contributed by atoms with Gasteiger partial charge in [0, 0.05) is 6.04 Å². The largest absolute Gasteiger partial charge is 0.394 e. The van der Waals surface area contributed by atoms with Crippen LogP contribution in [0.5, 0.6) is 0 Å². The van der Waals surface area contributed by atoms with Gasteiger partial charge >= 0.3 is 10.4 Å². The fourth-order valence-electron chi connectivity index (χ4n) is 0.716. The van der Waals surface area contributed by atoms with Gasteiger partial charge in [0.2, 0.25) is 0 Å². The lowest BCUT2D eigenvalue weighted by Gasteiger charge is -2.01. The second kappa shape index (κ2) is 8.43. The van der Waals surface area contributed by atoms with Crippen molar-refractivity contribution >= 4 is 10.4 Å². The van der Waals surface area contributed by atoms with E-state index in [9.17, 15) is 0 Å². The first-order chi connectivity index (χ1) is 5.77. The third-order valence-electron chi connectivity index (χ3n) is 1.26. The topological polar surface area (TPSA) is 101 Å². The van der Waals surface area contributed by atoms with Crippen molar-refractivity contribution < 1.29 is 17.5 Å². The van der Waals surface area contributed by atoms with Gasteiger partial charge in [-0.1, -0.05) is 26.2 Å². The Morgan fingerprint density at radius 2 is 1.69 bits per heavy atom. The summed E-state index contributed by atoms with van der Waals surface area (Å²) in [5, 5.41) is 0. The Bertz CT molecular complexity index is 181. The van der Waals surface area contributed by atoms with Crippen molar-refractivity contribution in [2.45, 2.75) is 45.6 Å². The molecule has 1 unspecified atom stereocenters. The molecular formula is C7H19NO4S. The molecule has 0 heterocycles. The quantitative estimate of drug-likeness (QED) is 0.482. The van der Waals surface area contributed by atoms with Crippen LogP contribution < -0.4 is 5.73 Å². The Kier molecular flexibility index (Phi) is 9.93. The molecular weight excluding hydrogens is 194 g/mol. The first-order valence-corrected chi connectivity index (χ1v) is 5.62. The van der Waals surface area contributed by atoms with Crippen molar-refractivity contribution in [2.24, 2.45) is 5.73 Å². The van der Waals surface area contributed by atoms with E-state index in [2.05, 4.69) is 13.8 Å². The number of nitrogens with two attached hydrogens (primary N) is 1. The first kappa shape index (κ1) is 15.3. The van der Waals surface area contributed by atoms with Gasteiger partial charge in [-0.2, -0.15) is 8.42 Å². The molecule has 0 fully saturated rings. The summed E-state index contributed by atoms with van der Waals surface area (Å²) in [5.41, 5.74) is 5.53. The molecule has 13 heavy (non-hydrogen) atoms. The van der Waals surface area contributed by atoms with E-state index < -0.39 is 10.4 Å². The van der Waals surface area contributed by atoms with E-state index in [-0.39, 0.29) is 0 Å². The Hall–Kier alpha value is -0.170. The summed E-state index contributed by atoms with van der Waals surface area (Å²) in [6, 6.07) is 0.404. The average Bonchev–Trinajstić information content (AvgIpc) is 1.83. The SMILES string of the molecule is CCCCCC(C)N.O=S(=O)(O)O.